The van der Waals surface area contributed by atoms with Crippen LogP contribution >= 0.6 is 0 Å². The summed E-state index contributed by atoms with van der Waals surface area (Å²) in [5.41, 5.74) is 3.92. The zero-order valence-corrected chi connectivity index (χ0v) is 11.1. The number of benzene rings is 1. The highest BCUT2D eigenvalue weighted by Gasteiger charge is 2.08. The summed E-state index contributed by atoms with van der Waals surface area (Å²) < 4.78 is 11.0. The fourth-order valence-corrected chi connectivity index (χ4v) is 1.70. The second kappa shape index (κ2) is 6.24. The summed E-state index contributed by atoms with van der Waals surface area (Å²) >= 11 is 0. The van der Waals surface area contributed by atoms with E-state index in [9.17, 15) is 4.79 Å². The molecule has 102 valence electrons. The lowest BCUT2D eigenvalue weighted by Crippen LogP contribution is -2.19. The third kappa shape index (κ3) is 3.48. The maximum absolute atomic E-state index is 10.7. The average molecular weight is 263 g/mol. The van der Waals surface area contributed by atoms with Crippen LogP contribution in [-0.2, 0) is 16.2 Å². The minimum absolute atomic E-state index is 0.236. The second-order valence-electron chi connectivity index (χ2n) is 4.21. The molecule has 0 aliphatic heterocycles. The van der Waals surface area contributed by atoms with Crippen molar-refractivity contribution in [2.75, 3.05) is 6.61 Å². The van der Waals surface area contributed by atoms with E-state index in [0.717, 1.165) is 28.7 Å². The molecule has 2 aromatic rings. The molecule has 19 heavy (non-hydrogen) atoms. The number of nitrogens with one attached hydrogen (secondary N) is 1. The zero-order chi connectivity index (χ0) is 13.7. The number of rotatable bonds is 6. The number of carbonyl (C=O) groups is 1. The number of ether oxygens (including phenoxy) is 1. The highest BCUT2D eigenvalue weighted by molar-refractivity contribution is 5.82. The molecule has 0 saturated heterocycles. The van der Waals surface area contributed by atoms with Crippen molar-refractivity contribution in [1.82, 2.24) is 5.48 Å². The molecule has 0 atom stereocenters. The lowest BCUT2D eigenvalue weighted by Gasteiger charge is -2.05. The second-order valence-corrected chi connectivity index (χ2v) is 4.21. The largest absolute Gasteiger partial charge is 0.494 e. The van der Waals surface area contributed by atoms with Gasteiger partial charge in [-0.25, -0.2) is 5.48 Å². The van der Waals surface area contributed by atoms with Crippen molar-refractivity contribution in [3.8, 4) is 5.75 Å². The van der Waals surface area contributed by atoms with Gasteiger partial charge < -0.3 is 9.15 Å². The predicted molar refractivity (Wildman–Crippen MR) is 70.6 cm³/mol. The van der Waals surface area contributed by atoms with Crippen LogP contribution in [0.15, 0.2) is 28.9 Å². The number of amides is 1. The van der Waals surface area contributed by atoms with E-state index < -0.39 is 0 Å². The number of hydrogen-bond donors (Lipinski definition) is 1. The summed E-state index contributed by atoms with van der Waals surface area (Å²) in [6.45, 7) is 4.39. The summed E-state index contributed by atoms with van der Waals surface area (Å²) in [7, 11) is 0. The van der Waals surface area contributed by atoms with Crippen molar-refractivity contribution in [2.24, 2.45) is 0 Å². The standard InChI is InChI=1S/C14H17NO4/c1-3-6-17-12-4-5-14-13(7-12)11(8-18-14)9-19-15-10(2)16/h4-5,7-8H,3,6,9H2,1-2H3,(H,15,16). The van der Waals surface area contributed by atoms with Gasteiger partial charge in [-0.05, 0) is 24.6 Å². The van der Waals surface area contributed by atoms with Crippen molar-refractivity contribution >= 4 is 16.9 Å². The first-order valence-corrected chi connectivity index (χ1v) is 6.22. The van der Waals surface area contributed by atoms with E-state index >= 15 is 0 Å². The molecule has 0 aliphatic rings. The Kier molecular flexibility index (Phi) is 4.41. The molecule has 0 fully saturated rings. The van der Waals surface area contributed by atoms with Crippen molar-refractivity contribution in [2.45, 2.75) is 26.9 Å². The Balaban J connectivity index is 2.12. The maximum Gasteiger partial charge on any atom is 0.240 e. The van der Waals surface area contributed by atoms with Gasteiger partial charge in [0.25, 0.3) is 0 Å². The Morgan fingerprint density at radius 2 is 2.26 bits per heavy atom. The number of furan rings is 1. The van der Waals surface area contributed by atoms with Crippen LogP contribution in [0, 0.1) is 0 Å². The van der Waals surface area contributed by atoms with Crippen LogP contribution in [0.2, 0.25) is 0 Å². The van der Waals surface area contributed by atoms with E-state index in [1.807, 2.05) is 18.2 Å². The van der Waals surface area contributed by atoms with E-state index in [1.54, 1.807) is 6.26 Å². The lowest BCUT2D eigenvalue weighted by atomic mass is 10.2. The molecule has 1 aromatic heterocycles. The van der Waals surface area contributed by atoms with Crippen molar-refractivity contribution in [3.63, 3.8) is 0 Å². The third-order valence-electron chi connectivity index (χ3n) is 2.54. The Labute approximate surface area is 111 Å². The Bertz CT molecular complexity index is 562. The van der Waals surface area contributed by atoms with Crippen LogP contribution in [-0.4, -0.2) is 12.5 Å². The zero-order valence-electron chi connectivity index (χ0n) is 11.1. The van der Waals surface area contributed by atoms with Crippen molar-refractivity contribution < 1.29 is 18.8 Å². The molecule has 0 saturated carbocycles. The van der Waals surface area contributed by atoms with Gasteiger partial charge in [0.1, 0.15) is 17.9 Å². The van der Waals surface area contributed by atoms with Crippen molar-refractivity contribution in [3.05, 3.63) is 30.0 Å². The first-order valence-electron chi connectivity index (χ1n) is 6.22. The fraction of sp³-hybridized carbons (Fsp3) is 0.357. The van der Waals surface area contributed by atoms with Gasteiger partial charge in [-0.15, -0.1) is 0 Å². The Hall–Kier alpha value is -2.01. The van der Waals surface area contributed by atoms with Crippen LogP contribution in [0.25, 0.3) is 11.0 Å². The quantitative estimate of drug-likeness (QED) is 0.814. The summed E-state index contributed by atoms with van der Waals surface area (Å²) in [4.78, 5) is 15.8. The fourth-order valence-electron chi connectivity index (χ4n) is 1.70. The molecule has 1 heterocycles. The summed E-state index contributed by atoms with van der Waals surface area (Å²) in [6, 6.07) is 5.66. The smallest absolute Gasteiger partial charge is 0.240 e. The molecule has 0 radical (unpaired) electrons. The molecule has 1 aromatic carbocycles. The molecule has 0 spiro atoms. The van der Waals surface area contributed by atoms with Gasteiger partial charge in [-0.2, -0.15) is 0 Å². The summed E-state index contributed by atoms with van der Waals surface area (Å²) in [5.74, 6) is 0.566. The van der Waals surface area contributed by atoms with E-state index in [0.29, 0.717) is 6.61 Å². The molecule has 0 aliphatic carbocycles. The van der Waals surface area contributed by atoms with Gasteiger partial charge in [0.05, 0.1) is 12.9 Å². The van der Waals surface area contributed by atoms with Gasteiger partial charge in [0, 0.05) is 17.9 Å². The first kappa shape index (κ1) is 13.4. The predicted octanol–water partition coefficient (Wildman–Crippen LogP) is 2.79. The first-order chi connectivity index (χ1) is 9.20. The van der Waals surface area contributed by atoms with Gasteiger partial charge in [-0.1, -0.05) is 6.92 Å². The van der Waals surface area contributed by atoms with Gasteiger partial charge in [-0.3, -0.25) is 9.63 Å². The molecule has 1 amide bonds. The molecule has 2 rings (SSSR count). The van der Waals surface area contributed by atoms with Gasteiger partial charge in [0.2, 0.25) is 5.91 Å². The Morgan fingerprint density at radius 1 is 1.42 bits per heavy atom. The summed E-state index contributed by atoms with van der Waals surface area (Å²) in [6.07, 6.45) is 2.58. The topological polar surface area (TPSA) is 60.7 Å². The van der Waals surface area contributed by atoms with E-state index in [-0.39, 0.29) is 12.5 Å². The van der Waals surface area contributed by atoms with Crippen molar-refractivity contribution in [1.29, 1.82) is 0 Å². The van der Waals surface area contributed by atoms with Crippen LogP contribution in [0.5, 0.6) is 5.75 Å². The maximum atomic E-state index is 10.7. The summed E-state index contributed by atoms with van der Waals surface area (Å²) in [5, 5.41) is 0.930. The minimum Gasteiger partial charge on any atom is -0.494 e. The van der Waals surface area contributed by atoms with Crippen LogP contribution in [0.1, 0.15) is 25.8 Å². The average Bonchev–Trinajstić information content (AvgIpc) is 2.79. The molecule has 0 bridgehead atoms. The van der Waals surface area contributed by atoms with E-state index in [2.05, 4.69) is 12.4 Å². The van der Waals surface area contributed by atoms with Crippen LogP contribution < -0.4 is 10.2 Å². The molecular weight excluding hydrogens is 246 g/mol. The minimum atomic E-state index is -0.236. The number of hydrogen-bond acceptors (Lipinski definition) is 4. The molecule has 5 heteroatoms. The third-order valence-corrected chi connectivity index (χ3v) is 2.54. The lowest BCUT2D eigenvalue weighted by molar-refractivity contribution is -0.132. The van der Waals surface area contributed by atoms with Gasteiger partial charge in [0.15, 0.2) is 0 Å². The number of fused-ring (bicyclic) bond motifs is 1. The molecule has 5 nitrogen and oxygen atoms in total. The van der Waals surface area contributed by atoms with E-state index in [1.165, 1.54) is 6.92 Å². The normalized spacial score (nSPS) is 10.6. The Morgan fingerprint density at radius 3 is 3.00 bits per heavy atom. The van der Waals surface area contributed by atoms with Crippen LogP contribution in [0.3, 0.4) is 0 Å². The molecular formula is C14H17NO4. The molecule has 0 unspecified atom stereocenters. The number of carbonyl (C=O) groups excluding carboxylic acids is 1. The van der Waals surface area contributed by atoms with Gasteiger partial charge >= 0.3 is 0 Å². The monoisotopic (exact) mass is 263 g/mol. The highest BCUT2D eigenvalue weighted by Crippen LogP contribution is 2.26. The van der Waals surface area contributed by atoms with E-state index in [4.69, 9.17) is 14.0 Å². The number of hydroxylamine groups is 1. The SMILES string of the molecule is CCCOc1ccc2occ(CONC(C)=O)c2c1. The molecule has 1 N–H and O–H groups in total. The highest BCUT2D eigenvalue weighted by atomic mass is 16.6. The van der Waals surface area contributed by atoms with Crippen LogP contribution in [0.4, 0.5) is 0 Å².